The molecule has 3 nitrogen and oxygen atoms in total. The van der Waals surface area contributed by atoms with Gasteiger partial charge in [0, 0.05) is 23.2 Å². The molecule has 2 aliphatic heterocycles. The van der Waals surface area contributed by atoms with Gasteiger partial charge in [-0.2, -0.15) is 0 Å². The Morgan fingerprint density at radius 3 is 2.65 bits per heavy atom. The van der Waals surface area contributed by atoms with Gasteiger partial charge in [0.1, 0.15) is 6.10 Å². The number of carbonyl (C=O) groups is 1. The first kappa shape index (κ1) is 12.0. The third kappa shape index (κ3) is 1.23. The maximum Gasteiger partial charge on any atom is 0.250 e. The number of nitrogens with zero attached hydrogens (tertiary/aromatic N) is 1. The van der Waals surface area contributed by atoms with Crippen LogP contribution in [0.2, 0.25) is 0 Å². The van der Waals surface area contributed by atoms with Gasteiger partial charge in [-0.15, -0.1) is 11.8 Å². The Labute approximate surface area is 121 Å². The summed E-state index contributed by atoms with van der Waals surface area (Å²) < 4.78 is -0.922. The second kappa shape index (κ2) is 3.87. The summed E-state index contributed by atoms with van der Waals surface area (Å²) in [4.78, 5) is 15.4. The molecule has 4 heteroatoms. The number of fused-ring (bicyclic) bond motifs is 3. The van der Waals surface area contributed by atoms with Crippen LogP contribution < -0.4 is 4.90 Å². The Balaban J connectivity index is 1.98. The van der Waals surface area contributed by atoms with Crippen LogP contribution >= 0.6 is 11.8 Å². The summed E-state index contributed by atoms with van der Waals surface area (Å²) in [5.74, 6) is -0.0487. The van der Waals surface area contributed by atoms with E-state index in [0.29, 0.717) is 0 Å². The monoisotopic (exact) mass is 283 g/mol. The van der Waals surface area contributed by atoms with Crippen molar-refractivity contribution < 1.29 is 9.90 Å². The van der Waals surface area contributed by atoms with Crippen LogP contribution in [0, 0.1) is 0 Å². The second-order valence-corrected chi connectivity index (χ2v) is 6.45. The number of hydrogen-bond donors (Lipinski definition) is 1. The van der Waals surface area contributed by atoms with E-state index in [1.807, 2.05) is 48.5 Å². The van der Waals surface area contributed by atoms with Gasteiger partial charge in [-0.1, -0.05) is 36.4 Å². The Morgan fingerprint density at radius 1 is 1.15 bits per heavy atom. The number of anilines is 1. The van der Waals surface area contributed by atoms with E-state index < -0.39 is 10.9 Å². The fourth-order valence-electron chi connectivity index (χ4n) is 3.16. The maximum atomic E-state index is 12.8. The number of aliphatic hydroxyl groups is 1. The molecule has 0 aliphatic carbocycles. The van der Waals surface area contributed by atoms with E-state index in [1.54, 1.807) is 11.9 Å². The van der Waals surface area contributed by atoms with Crippen LogP contribution in [0.4, 0.5) is 5.69 Å². The summed E-state index contributed by atoms with van der Waals surface area (Å²) >= 11 is 1.47. The zero-order valence-corrected chi connectivity index (χ0v) is 11.7. The first-order chi connectivity index (χ1) is 9.66. The predicted molar refractivity (Wildman–Crippen MR) is 78.8 cm³/mol. The minimum Gasteiger partial charge on any atom is -0.386 e. The van der Waals surface area contributed by atoms with Crippen molar-refractivity contribution in [2.75, 3.05) is 11.9 Å². The molecule has 100 valence electrons. The quantitative estimate of drug-likeness (QED) is 0.808. The molecule has 0 unspecified atom stereocenters. The zero-order valence-electron chi connectivity index (χ0n) is 10.9. The van der Waals surface area contributed by atoms with Crippen LogP contribution in [0.15, 0.2) is 53.4 Å². The van der Waals surface area contributed by atoms with Crippen LogP contribution in [0.3, 0.4) is 0 Å². The minimum atomic E-state index is -0.922. The number of amides is 1. The molecule has 0 radical (unpaired) electrons. The van der Waals surface area contributed by atoms with Gasteiger partial charge >= 0.3 is 0 Å². The topological polar surface area (TPSA) is 40.5 Å². The number of carbonyl (C=O) groups excluding carboxylic acids is 1. The number of hydrogen-bond acceptors (Lipinski definition) is 3. The molecule has 2 atom stereocenters. The van der Waals surface area contributed by atoms with E-state index in [0.717, 1.165) is 21.7 Å². The van der Waals surface area contributed by atoms with Crippen molar-refractivity contribution in [3.63, 3.8) is 0 Å². The zero-order chi connectivity index (χ0) is 13.9. The number of para-hydroxylation sites is 1. The first-order valence-electron chi connectivity index (χ1n) is 6.50. The lowest BCUT2D eigenvalue weighted by molar-refractivity contribution is -0.122. The van der Waals surface area contributed by atoms with Gasteiger partial charge in [-0.3, -0.25) is 4.79 Å². The normalized spacial score (nSPS) is 27.0. The molecule has 0 saturated carbocycles. The molecular weight excluding hydrogens is 270 g/mol. The first-order valence-corrected chi connectivity index (χ1v) is 7.31. The molecule has 20 heavy (non-hydrogen) atoms. The van der Waals surface area contributed by atoms with Gasteiger partial charge in [0.2, 0.25) is 0 Å². The molecule has 0 bridgehead atoms. The fraction of sp³-hybridized carbons (Fsp3) is 0.188. The van der Waals surface area contributed by atoms with Crippen LogP contribution in [0.5, 0.6) is 0 Å². The van der Waals surface area contributed by atoms with Gasteiger partial charge in [-0.25, -0.2) is 0 Å². The number of thioether (sulfide) groups is 1. The molecule has 0 aromatic heterocycles. The van der Waals surface area contributed by atoms with E-state index in [-0.39, 0.29) is 5.91 Å². The van der Waals surface area contributed by atoms with Crippen LogP contribution in [-0.2, 0) is 9.54 Å². The smallest absolute Gasteiger partial charge is 0.250 e. The number of aliphatic hydroxyl groups excluding tert-OH is 1. The van der Waals surface area contributed by atoms with Crippen molar-refractivity contribution in [3.8, 4) is 0 Å². The molecule has 4 rings (SSSR count). The van der Waals surface area contributed by atoms with Crippen molar-refractivity contribution >= 4 is 23.4 Å². The van der Waals surface area contributed by atoms with E-state index in [9.17, 15) is 9.90 Å². The maximum absolute atomic E-state index is 12.8. The van der Waals surface area contributed by atoms with Crippen molar-refractivity contribution in [3.05, 3.63) is 59.7 Å². The van der Waals surface area contributed by atoms with Crippen LogP contribution in [-0.4, -0.2) is 18.1 Å². The summed E-state index contributed by atoms with van der Waals surface area (Å²) in [5, 5.41) is 10.8. The van der Waals surface area contributed by atoms with Gasteiger partial charge in [-0.05, 0) is 17.7 Å². The van der Waals surface area contributed by atoms with Crippen LogP contribution in [0.1, 0.15) is 17.2 Å². The largest absolute Gasteiger partial charge is 0.386 e. The van der Waals surface area contributed by atoms with Gasteiger partial charge in [0.15, 0.2) is 4.75 Å². The van der Waals surface area contributed by atoms with E-state index in [2.05, 4.69) is 0 Å². The highest BCUT2D eigenvalue weighted by atomic mass is 32.2. The molecule has 2 aliphatic rings. The van der Waals surface area contributed by atoms with Crippen molar-refractivity contribution in [2.45, 2.75) is 15.7 Å². The van der Waals surface area contributed by atoms with Gasteiger partial charge < -0.3 is 10.0 Å². The summed E-state index contributed by atoms with van der Waals surface area (Å²) in [6, 6.07) is 15.4. The SMILES string of the molecule is CN1C(=O)[C@]2(Sc3ccccc3[C@H]2O)c2ccccc21. The number of likely N-dealkylation sites (N-methyl/N-ethyl adjacent to an activating group) is 1. The molecular formula is C16H13NO2S. The number of rotatable bonds is 0. The third-order valence-electron chi connectivity index (χ3n) is 4.16. The van der Waals surface area contributed by atoms with Crippen molar-refractivity contribution in [1.29, 1.82) is 0 Å². The van der Waals surface area contributed by atoms with E-state index in [4.69, 9.17) is 0 Å². The van der Waals surface area contributed by atoms with Gasteiger partial charge in [0.25, 0.3) is 5.91 Å². The highest BCUT2D eigenvalue weighted by Crippen LogP contribution is 2.62. The van der Waals surface area contributed by atoms with E-state index in [1.165, 1.54) is 11.8 Å². The third-order valence-corrected chi connectivity index (χ3v) is 5.69. The standard InChI is InChI=1S/C16H13NO2S/c1-17-12-8-4-3-7-11(12)16(15(17)19)14(18)10-6-2-5-9-13(10)20-16/h2-9,14,18H,1H3/t14-,16+/m1/s1. The summed E-state index contributed by atoms with van der Waals surface area (Å²) in [6.07, 6.45) is -0.803. The lowest BCUT2D eigenvalue weighted by Gasteiger charge is -2.25. The predicted octanol–water partition coefficient (Wildman–Crippen LogP) is 2.70. The Hall–Kier alpha value is -1.78. The molecule has 0 fully saturated rings. The summed E-state index contributed by atoms with van der Waals surface area (Å²) in [6.45, 7) is 0. The molecule has 2 heterocycles. The Morgan fingerprint density at radius 2 is 1.85 bits per heavy atom. The summed E-state index contributed by atoms with van der Waals surface area (Å²) in [7, 11) is 1.77. The highest BCUT2D eigenvalue weighted by molar-refractivity contribution is 8.01. The molecule has 1 spiro atoms. The molecule has 2 aromatic carbocycles. The minimum absolute atomic E-state index is 0.0487. The average Bonchev–Trinajstić information content (AvgIpc) is 2.90. The molecule has 1 amide bonds. The molecule has 0 saturated heterocycles. The van der Waals surface area contributed by atoms with Crippen molar-refractivity contribution in [1.82, 2.24) is 0 Å². The highest BCUT2D eigenvalue weighted by Gasteiger charge is 2.59. The van der Waals surface area contributed by atoms with Gasteiger partial charge in [0.05, 0.1) is 0 Å². The molecule has 1 N–H and O–H groups in total. The Bertz CT molecular complexity index is 730. The summed E-state index contributed by atoms with van der Waals surface area (Å²) in [5.41, 5.74) is 2.63. The van der Waals surface area contributed by atoms with Crippen LogP contribution in [0.25, 0.3) is 0 Å². The average molecular weight is 283 g/mol. The second-order valence-electron chi connectivity index (χ2n) is 5.16. The fourth-order valence-corrected chi connectivity index (χ4v) is 4.70. The van der Waals surface area contributed by atoms with E-state index >= 15 is 0 Å². The lowest BCUT2D eigenvalue weighted by Crippen LogP contribution is -2.38. The lowest BCUT2D eigenvalue weighted by atomic mass is 9.90. The number of benzene rings is 2. The molecule has 2 aromatic rings. The Kier molecular flexibility index (Phi) is 2.32. The van der Waals surface area contributed by atoms with Crippen molar-refractivity contribution in [2.24, 2.45) is 0 Å².